The number of carbonyl (C=O) groups excluding carboxylic acids is 2. The highest BCUT2D eigenvalue weighted by Crippen LogP contribution is 2.15. The third-order valence-electron chi connectivity index (χ3n) is 6.70. The normalized spacial score (nSPS) is 13.3. The molecule has 0 saturated heterocycles. The van der Waals surface area contributed by atoms with Crippen LogP contribution < -0.4 is 11.1 Å². The summed E-state index contributed by atoms with van der Waals surface area (Å²) in [5.41, 5.74) is 5.43. The third-order valence-corrected chi connectivity index (χ3v) is 6.70. The van der Waals surface area contributed by atoms with E-state index in [1.807, 2.05) is 0 Å². The molecule has 0 saturated carbocycles. The minimum Gasteiger partial charge on any atom is -0.480 e. The van der Waals surface area contributed by atoms with Gasteiger partial charge in [-0.1, -0.05) is 82.4 Å². The van der Waals surface area contributed by atoms with Crippen molar-refractivity contribution in [2.75, 3.05) is 6.54 Å². The number of rotatable bonds is 27. The Morgan fingerprint density at radius 2 is 1.38 bits per heavy atom. The number of nitrogens with two attached hydrogens (primary N) is 1. The van der Waals surface area contributed by atoms with Crippen LogP contribution in [0.1, 0.15) is 136 Å². The van der Waals surface area contributed by atoms with Gasteiger partial charge in [0.15, 0.2) is 0 Å². The first-order valence-corrected chi connectivity index (χ1v) is 15.8. The number of allylic oxidation sites excluding steroid dienone is 6. The molecule has 40 heavy (non-hydrogen) atoms. The second-order valence-electron chi connectivity index (χ2n) is 10.5. The van der Waals surface area contributed by atoms with Crippen LogP contribution in [0.25, 0.3) is 0 Å². The lowest BCUT2D eigenvalue weighted by Gasteiger charge is -2.17. The van der Waals surface area contributed by atoms with Gasteiger partial charge in [0.05, 0.1) is 0 Å². The number of carboxylic acid groups (broad SMARTS) is 1. The number of carboxylic acids is 1. The first kappa shape index (κ1) is 37.6. The Labute approximate surface area is 244 Å². The fourth-order valence-electron chi connectivity index (χ4n) is 4.40. The standard InChI is InChI=1S/C33H58N2O5/c1-3-5-6-7-8-9-10-11-12-13-14-15-16-17-21-27-32(37)40-29(23-4-2)24-19-18-20-26-31(36)35-30(33(38)39)25-22-28-34/h5-6,8-9,11-12,29-30H,3-4,7,10,13-28,34H2,1-2H3,(H,35,36)(H,38,39)/b6-5-,9-8-,12-11-. The summed E-state index contributed by atoms with van der Waals surface area (Å²) in [4.78, 5) is 35.6. The molecule has 0 aromatic rings. The van der Waals surface area contributed by atoms with E-state index in [0.29, 0.717) is 38.6 Å². The predicted octanol–water partition coefficient (Wildman–Crippen LogP) is 7.55. The number of ether oxygens (including phenoxy) is 1. The molecule has 7 nitrogen and oxygen atoms in total. The number of carbonyl (C=O) groups is 3. The van der Waals surface area contributed by atoms with Crippen LogP contribution in [0.2, 0.25) is 0 Å². The van der Waals surface area contributed by atoms with Crippen LogP contribution in [-0.4, -0.2) is 41.6 Å². The lowest BCUT2D eigenvalue weighted by atomic mass is 10.0. The van der Waals surface area contributed by atoms with Crippen LogP contribution in [0.5, 0.6) is 0 Å². The minimum absolute atomic E-state index is 0.0617. The molecule has 0 spiro atoms. The van der Waals surface area contributed by atoms with Crippen LogP contribution in [-0.2, 0) is 19.1 Å². The van der Waals surface area contributed by atoms with Crippen molar-refractivity contribution in [2.45, 2.75) is 148 Å². The zero-order valence-corrected chi connectivity index (χ0v) is 25.4. The summed E-state index contributed by atoms with van der Waals surface area (Å²) < 4.78 is 5.74. The van der Waals surface area contributed by atoms with Crippen molar-refractivity contribution in [1.82, 2.24) is 5.32 Å². The fraction of sp³-hybridized carbons (Fsp3) is 0.727. The number of aliphatic carboxylic acids is 1. The fourth-order valence-corrected chi connectivity index (χ4v) is 4.40. The topological polar surface area (TPSA) is 119 Å². The summed E-state index contributed by atoms with van der Waals surface area (Å²) in [7, 11) is 0. The molecule has 0 fully saturated rings. The van der Waals surface area contributed by atoms with Gasteiger partial charge in [0.1, 0.15) is 12.1 Å². The van der Waals surface area contributed by atoms with E-state index in [2.05, 4.69) is 55.6 Å². The van der Waals surface area contributed by atoms with Gasteiger partial charge in [-0.15, -0.1) is 0 Å². The second kappa shape index (κ2) is 28.1. The number of amides is 1. The van der Waals surface area contributed by atoms with Crippen molar-refractivity contribution in [2.24, 2.45) is 5.73 Å². The van der Waals surface area contributed by atoms with E-state index < -0.39 is 12.0 Å². The van der Waals surface area contributed by atoms with E-state index in [4.69, 9.17) is 10.5 Å². The van der Waals surface area contributed by atoms with Crippen molar-refractivity contribution in [1.29, 1.82) is 0 Å². The molecule has 0 aliphatic rings. The van der Waals surface area contributed by atoms with Crippen LogP contribution in [0, 0.1) is 0 Å². The monoisotopic (exact) mass is 562 g/mol. The Balaban J connectivity index is 3.89. The van der Waals surface area contributed by atoms with E-state index in [0.717, 1.165) is 77.0 Å². The Morgan fingerprint density at radius 1 is 0.750 bits per heavy atom. The van der Waals surface area contributed by atoms with E-state index >= 15 is 0 Å². The number of nitrogens with one attached hydrogen (secondary N) is 1. The minimum atomic E-state index is -1.02. The molecule has 0 aromatic carbocycles. The van der Waals surface area contributed by atoms with Gasteiger partial charge >= 0.3 is 11.9 Å². The molecule has 0 aromatic heterocycles. The van der Waals surface area contributed by atoms with E-state index in [9.17, 15) is 19.5 Å². The Hall–Kier alpha value is -2.41. The summed E-state index contributed by atoms with van der Waals surface area (Å²) in [5.74, 6) is -1.36. The maximum Gasteiger partial charge on any atom is 0.326 e. The molecule has 0 rings (SSSR count). The second-order valence-corrected chi connectivity index (χ2v) is 10.5. The summed E-state index contributed by atoms with van der Waals surface area (Å²) in [6.07, 6.45) is 29.7. The molecular weight excluding hydrogens is 504 g/mol. The summed E-state index contributed by atoms with van der Waals surface area (Å²) in [6.45, 7) is 4.64. The molecule has 0 heterocycles. The summed E-state index contributed by atoms with van der Waals surface area (Å²) in [5, 5.41) is 11.8. The molecule has 1 amide bonds. The molecular formula is C33H58N2O5. The number of esters is 1. The van der Waals surface area contributed by atoms with Gasteiger partial charge in [-0.3, -0.25) is 9.59 Å². The first-order valence-electron chi connectivity index (χ1n) is 15.8. The number of unbranched alkanes of at least 4 members (excludes halogenated alkanes) is 7. The van der Waals surface area contributed by atoms with Crippen molar-refractivity contribution < 1.29 is 24.2 Å². The zero-order chi connectivity index (χ0) is 29.7. The average Bonchev–Trinajstić information content (AvgIpc) is 2.92. The Kier molecular flexibility index (Phi) is 26.4. The maximum absolute atomic E-state index is 12.3. The molecule has 230 valence electrons. The summed E-state index contributed by atoms with van der Waals surface area (Å²) >= 11 is 0. The average molecular weight is 563 g/mol. The lowest BCUT2D eigenvalue weighted by molar-refractivity contribution is -0.150. The highest BCUT2D eigenvalue weighted by molar-refractivity contribution is 5.83. The zero-order valence-electron chi connectivity index (χ0n) is 25.4. The summed E-state index contributed by atoms with van der Waals surface area (Å²) in [6, 6.07) is -0.873. The van der Waals surface area contributed by atoms with Gasteiger partial charge in [-0.25, -0.2) is 4.79 Å². The van der Waals surface area contributed by atoms with Crippen molar-refractivity contribution in [3.8, 4) is 0 Å². The predicted molar refractivity (Wildman–Crippen MR) is 165 cm³/mol. The van der Waals surface area contributed by atoms with Crippen LogP contribution in [0.4, 0.5) is 0 Å². The molecule has 0 radical (unpaired) electrons. The smallest absolute Gasteiger partial charge is 0.326 e. The van der Waals surface area contributed by atoms with E-state index in [1.165, 1.54) is 12.8 Å². The van der Waals surface area contributed by atoms with Crippen LogP contribution >= 0.6 is 0 Å². The van der Waals surface area contributed by atoms with Crippen LogP contribution in [0.3, 0.4) is 0 Å². The molecule has 0 aliphatic carbocycles. The number of hydrogen-bond acceptors (Lipinski definition) is 5. The van der Waals surface area contributed by atoms with E-state index in [-0.39, 0.29) is 18.0 Å². The van der Waals surface area contributed by atoms with Gasteiger partial charge in [-0.05, 0) is 83.6 Å². The van der Waals surface area contributed by atoms with Gasteiger partial charge < -0.3 is 20.9 Å². The van der Waals surface area contributed by atoms with Gasteiger partial charge in [-0.2, -0.15) is 0 Å². The lowest BCUT2D eigenvalue weighted by Crippen LogP contribution is -2.40. The van der Waals surface area contributed by atoms with E-state index in [1.54, 1.807) is 0 Å². The number of hydrogen-bond donors (Lipinski definition) is 3. The molecule has 2 unspecified atom stereocenters. The first-order chi connectivity index (χ1) is 19.4. The van der Waals surface area contributed by atoms with Gasteiger partial charge in [0.25, 0.3) is 0 Å². The quantitative estimate of drug-likeness (QED) is 0.0540. The third kappa shape index (κ3) is 24.6. The Bertz CT molecular complexity index is 732. The van der Waals surface area contributed by atoms with Gasteiger partial charge in [0.2, 0.25) is 5.91 Å². The highest BCUT2D eigenvalue weighted by Gasteiger charge is 2.19. The SMILES string of the molecule is CC/C=C\C/C=C\C/C=C\CCCCCCCC(=O)OC(CCC)CCCCCC(=O)NC(CCCN)C(=O)O. The molecule has 7 heteroatoms. The van der Waals surface area contributed by atoms with Crippen molar-refractivity contribution in [3.05, 3.63) is 36.5 Å². The Morgan fingerprint density at radius 3 is 2.05 bits per heavy atom. The van der Waals surface area contributed by atoms with Crippen molar-refractivity contribution >= 4 is 17.8 Å². The molecule has 2 atom stereocenters. The largest absolute Gasteiger partial charge is 0.480 e. The molecule has 0 bridgehead atoms. The maximum atomic E-state index is 12.3. The molecule has 0 aliphatic heterocycles. The van der Waals surface area contributed by atoms with Crippen molar-refractivity contribution in [3.63, 3.8) is 0 Å². The van der Waals surface area contributed by atoms with Gasteiger partial charge in [0, 0.05) is 12.8 Å². The van der Waals surface area contributed by atoms with Crippen LogP contribution in [0.15, 0.2) is 36.5 Å². The highest BCUT2D eigenvalue weighted by atomic mass is 16.5. The molecule has 4 N–H and O–H groups in total.